The average molecular weight is 235 g/mol. The number of aryl methyl sites for hydroxylation is 2. The van der Waals surface area contributed by atoms with Crippen molar-refractivity contribution < 1.29 is 4.52 Å². The highest BCUT2D eigenvalue weighted by atomic mass is 16.5. The Morgan fingerprint density at radius 3 is 2.82 bits per heavy atom. The molecule has 2 aromatic rings. The van der Waals surface area contributed by atoms with Gasteiger partial charge in [0.2, 0.25) is 0 Å². The van der Waals surface area contributed by atoms with Gasteiger partial charge in [0.1, 0.15) is 0 Å². The molecule has 0 unspecified atom stereocenters. The first-order valence-electron chi connectivity index (χ1n) is 5.35. The Balaban J connectivity index is 2.39. The Bertz CT molecular complexity index is 636. The summed E-state index contributed by atoms with van der Waals surface area (Å²) in [6, 6.07) is 1.75. The molecule has 90 valence electrons. The average Bonchev–Trinajstić information content (AvgIpc) is 2.68. The summed E-state index contributed by atoms with van der Waals surface area (Å²) in [5.41, 5.74) is 0.553. The van der Waals surface area contributed by atoms with E-state index in [1.54, 1.807) is 19.2 Å². The largest absolute Gasteiger partial charge is 0.359 e. The first-order chi connectivity index (χ1) is 8.10. The number of nitrogens with zero attached hydrogens (tertiary/aromatic N) is 2. The monoisotopic (exact) mass is 235 g/mol. The molecule has 2 rings (SSSR count). The molecule has 0 spiro atoms. The molecule has 0 aliphatic rings. The van der Waals surface area contributed by atoms with Gasteiger partial charge in [-0.2, -0.15) is 0 Å². The highest BCUT2D eigenvalue weighted by Gasteiger charge is 2.06. The van der Waals surface area contributed by atoms with E-state index in [9.17, 15) is 9.59 Å². The maximum absolute atomic E-state index is 11.6. The molecule has 0 aliphatic carbocycles. The maximum atomic E-state index is 11.6. The normalized spacial score (nSPS) is 10.7. The Hall–Kier alpha value is -2.11. The lowest BCUT2D eigenvalue weighted by atomic mass is 10.2. The summed E-state index contributed by atoms with van der Waals surface area (Å²) in [6.07, 6.45) is 2.13. The van der Waals surface area contributed by atoms with Gasteiger partial charge in [0.25, 0.3) is 5.56 Å². The number of hydrogen-bond donors (Lipinski definition) is 1. The molecule has 0 amide bonds. The van der Waals surface area contributed by atoms with E-state index in [-0.39, 0.29) is 12.1 Å². The van der Waals surface area contributed by atoms with Crippen molar-refractivity contribution in [1.82, 2.24) is 14.7 Å². The third-order valence-electron chi connectivity index (χ3n) is 2.47. The van der Waals surface area contributed by atoms with Gasteiger partial charge in [-0.05, 0) is 13.3 Å². The zero-order valence-corrected chi connectivity index (χ0v) is 9.69. The quantitative estimate of drug-likeness (QED) is 0.837. The highest BCUT2D eigenvalue weighted by Crippen LogP contribution is 2.03. The fraction of sp³-hybridized carbons (Fsp3) is 0.364. The fourth-order valence-corrected chi connectivity index (χ4v) is 1.58. The summed E-state index contributed by atoms with van der Waals surface area (Å²) in [7, 11) is 0. The highest BCUT2D eigenvalue weighted by molar-refractivity contribution is 5.07. The molecule has 0 saturated carbocycles. The Morgan fingerprint density at radius 1 is 1.47 bits per heavy atom. The topological polar surface area (TPSA) is 80.9 Å². The van der Waals surface area contributed by atoms with E-state index in [1.807, 2.05) is 6.92 Å². The molecule has 1 N–H and O–H groups in total. The third kappa shape index (κ3) is 2.35. The van der Waals surface area contributed by atoms with Gasteiger partial charge in [0, 0.05) is 17.8 Å². The molecule has 6 nitrogen and oxygen atoms in total. The van der Waals surface area contributed by atoms with Crippen molar-refractivity contribution in [3.8, 4) is 0 Å². The van der Waals surface area contributed by atoms with Gasteiger partial charge in [-0.1, -0.05) is 12.1 Å². The van der Waals surface area contributed by atoms with Crippen LogP contribution in [-0.4, -0.2) is 14.7 Å². The van der Waals surface area contributed by atoms with Crippen LogP contribution in [0.4, 0.5) is 0 Å². The van der Waals surface area contributed by atoms with E-state index in [2.05, 4.69) is 10.1 Å². The van der Waals surface area contributed by atoms with Crippen LogP contribution in [0.25, 0.3) is 0 Å². The number of H-pyrrole nitrogens is 1. The second-order valence-corrected chi connectivity index (χ2v) is 3.83. The first-order valence-corrected chi connectivity index (χ1v) is 5.35. The second-order valence-electron chi connectivity index (χ2n) is 3.83. The number of aromatic nitrogens is 3. The minimum Gasteiger partial charge on any atom is -0.359 e. The van der Waals surface area contributed by atoms with Crippen LogP contribution >= 0.6 is 0 Å². The number of rotatable bonds is 3. The standard InChI is InChI=1S/C11H13N3O3/c1-3-8-5-14(11(16)12-10(8)15)6-9-4-7(2)13-17-9/h4-5H,3,6H2,1-2H3,(H,12,15,16). The van der Waals surface area contributed by atoms with Crippen molar-refractivity contribution in [3.63, 3.8) is 0 Å². The van der Waals surface area contributed by atoms with E-state index < -0.39 is 5.69 Å². The SMILES string of the molecule is CCc1cn(Cc2cc(C)no2)c(=O)[nH]c1=O. The molecular weight excluding hydrogens is 222 g/mol. The zero-order chi connectivity index (χ0) is 12.4. The second kappa shape index (κ2) is 4.40. The third-order valence-corrected chi connectivity index (χ3v) is 2.47. The van der Waals surface area contributed by atoms with Gasteiger partial charge in [0.15, 0.2) is 5.76 Å². The maximum Gasteiger partial charge on any atom is 0.328 e. The van der Waals surface area contributed by atoms with Gasteiger partial charge in [0.05, 0.1) is 12.2 Å². The summed E-state index contributed by atoms with van der Waals surface area (Å²) in [4.78, 5) is 25.2. The number of hydrogen-bond acceptors (Lipinski definition) is 4. The summed E-state index contributed by atoms with van der Waals surface area (Å²) in [5.74, 6) is 0.582. The van der Waals surface area contributed by atoms with Crippen LogP contribution < -0.4 is 11.2 Å². The molecule has 0 aromatic carbocycles. The lowest BCUT2D eigenvalue weighted by Crippen LogP contribution is -2.31. The van der Waals surface area contributed by atoms with Crippen molar-refractivity contribution in [1.29, 1.82) is 0 Å². The van der Waals surface area contributed by atoms with Crippen LogP contribution in [0, 0.1) is 6.92 Å². The molecule has 0 aliphatic heterocycles. The van der Waals surface area contributed by atoms with Crippen molar-refractivity contribution >= 4 is 0 Å². The summed E-state index contributed by atoms with van der Waals surface area (Å²) < 4.78 is 6.43. The van der Waals surface area contributed by atoms with Crippen LogP contribution in [-0.2, 0) is 13.0 Å². The molecule has 17 heavy (non-hydrogen) atoms. The molecule has 0 fully saturated rings. The van der Waals surface area contributed by atoms with E-state index in [0.717, 1.165) is 5.69 Å². The minimum atomic E-state index is -0.443. The van der Waals surface area contributed by atoms with Crippen LogP contribution in [0.2, 0.25) is 0 Å². The number of aromatic amines is 1. The van der Waals surface area contributed by atoms with Crippen molar-refractivity contribution in [3.05, 3.63) is 50.1 Å². The van der Waals surface area contributed by atoms with Gasteiger partial charge in [-0.3, -0.25) is 14.3 Å². The molecule has 0 radical (unpaired) electrons. The van der Waals surface area contributed by atoms with Gasteiger partial charge in [-0.15, -0.1) is 0 Å². The Morgan fingerprint density at radius 2 is 2.24 bits per heavy atom. The Kier molecular flexibility index (Phi) is 2.95. The van der Waals surface area contributed by atoms with Crippen molar-refractivity contribution in [2.45, 2.75) is 26.8 Å². The Labute approximate surface area is 96.9 Å². The van der Waals surface area contributed by atoms with Gasteiger partial charge >= 0.3 is 5.69 Å². The molecule has 0 atom stereocenters. The van der Waals surface area contributed by atoms with E-state index >= 15 is 0 Å². The molecule has 0 saturated heterocycles. The molecular formula is C11H13N3O3. The summed E-state index contributed by atoms with van der Waals surface area (Å²) >= 11 is 0. The lowest BCUT2D eigenvalue weighted by molar-refractivity contribution is 0.370. The summed E-state index contributed by atoms with van der Waals surface area (Å²) in [5, 5.41) is 3.74. The molecule has 6 heteroatoms. The van der Waals surface area contributed by atoms with Crippen molar-refractivity contribution in [2.24, 2.45) is 0 Å². The predicted octanol–water partition coefficient (Wildman–Crippen LogP) is 0.444. The van der Waals surface area contributed by atoms with Crippen LogP contribution in [0.5, 0.6) is 0 Å². The molecule has 2 heterocycles. The number of nitrogens with one attached hydrogen (secondary N) is 1. The molecule has 0 bridgehead atoms. The molecule has 2 aromatic heterocycles. The van der Waals surface area contributed by atoms with Crippen molar-refractivity contribution in [2.75, 3.05) is 0 Å². The summed E-state index contributed by atoms with van der Waals surface area (Å²) in [6.45, 7) is 3.93. The van der Waals surface area contributed by atoms with E-state index in [1.165, 1.54) is 4.57 Å². The van der Waals surface area contributed by atoms with Crippen LogP contribution in [0.15, 0.2) is 26.4 Å². The van der Waals surface area contributed by atoms with Crippen LogP contribution in [0.3, 0.4) is 0 Å². The fourth-order valence-electron chi connectivity index (χ4n) is 1.58. The van der Waals surface area contributed by atoms with Gasteiger partial charge < -0.3 is 4.52 Å². The van der Waals surface area contributed by atoms with Crippen LogP contribution in [0.1, 0.15) is 23.9 Å². The van der Waals surface area contributed by atoms with E-state index in [0.29, 0.717) is 17.7 Å². The lowest BCUT2D eigenvalue weighted by Gasteiger charge is -2.03. The minimum absolute atomic E-state index is 0.267. The van der Waals surface area contributed by atoms with E-state index in [4.69, 9.17) is 4.52 Å². The smallest absolute Gasteiger partial charge is 0.328 e. The van der Waals surface area contributed by atoms with Gasteiger partial charge in [-0.25, -0.2) is 4.79 Å². The first kappa shape index (κ1) is 11.4. The zero-order valence-electron chi connectivity index (χ0n) is 9.69. The predicted molar refractivity (Wildman–Crippen MR) is 61.0 cm³/mol.